The Morgan fingerprint density at radius 1 is 0.273 bits per heavy atom. The first-order valence-electron chi connectivity index (χ1n) is 26.3. The molecule has 12 rings (SSSR count). The van der Waals surface area contributed by atoms with E-state index in [2.05, 4.69) is 30.3 Å². The van der Waals surface area contributed by atoms with Gasteiger partial charge in [-0.3, -0.25) is 0 Å². The highest BCUT2D eigenvalue weighted by Gasteiger charge is 2.39. The molecule has 0 bridgehead atoms. The first kappa shape index (κ1) is 55.3. The second kappa shape index (κ2) is 21.2. The van der Waals surface area contributed by atoms with E-state index >= 15 is 13.2 Å². The number of halogens is 6. The highest BCUT2D eigenvalue weighted by Crippen LogP contribution is 2.47. The molecule has 0 saturated heterocycles. The molecule has 0 radical (unpaired) electrons. The largest absolute Gasteiger partial charge is 0.417 e. The summed E-state index contributed by atoms with van der Waals surface area (Å²) in [4.78, 5) is 0. The zero-order valence-corrected chi connectivity index (χ0v) is 44.9. The second-order valence-electron chi connectivity index (χ2n) is 20.3. The van der Waals surface area contributed by atoms with Crippen molar-refractivity contribution < 1.29 is 26.3 Å². The maximum absolute atomic E-state index is 15.6. The van der Waals surface area contributed by atoms with Crippen LogP contribution in [0.3, 0.4) is 0 Å². The molecule has 12 aromatic rings. The SMILES string of the molecule is N#Cc1ccc(-c2ccc3c(c2)c2cc(-c4ccc(C#N)cc4C#N)ccc2n3-c2cc(-c3ccc(C(F)(F)F)cc3C(F)(F)F)cc(-n3c4ccc(-c5ccc(C#N)cc5C#N)cc4c4cc(-c5ccc(C#N)cc5C#N)ccc43)c2C#N)c(C#N)c1. The summed E-state index contributed by atoms with van der Waals surface area (Å²) in [6, 6.07) is 61.9. The van der Waals surface area contributed by atoms with Crippen molar-refractivity contribution in [3.8, 4) is 122 Å². The van der Waals surface area contributed by atoms with Gasteiger partial charge in [0.05, 0.1) is 138 Å². The highest BCUT2D eigenvalue weighted by atomic mass is 19.4. The summed E-state index contributed by atoms with van der Waals surface area (Å²) in [5, 5.41) is 93.8. The first-order chi connectivity index (χ1) is 42.4. The summed E-state index contributed by atoms with van der Waals surface area (Å²) in [6.07, 6.45) is -10.6. The van der Waals surface area contributed by atoms with E-state index in [1.54, 1.807) is 130 Å². The molecule has 0 unspecified atom stereocenters. The summed E-state index contributed by atoms with van der Waals surface area (Å²) in [5.41, 5.74) is 2.37. The van der Waals surface area contributed by atoms with Crippen molar-refractivity contribution in [3.63, 3.8) is 0 Å². The van der Waals surface area contributed by atoms with Gasteiger partial charge in [-0.25, -0.2) is 0 Å². The minimum absolute atomic E-state index is 0.0357. The van der Waals surface area contributed by atoms with Crippen molar-refractivity contribution in [1.29, 1.82) is 47.4 Å². The molecule has 0 aliphatic carbocycles. The maximum Gasteiger partial charge on any atom is 0.417 e. The number of hydrogen-bond donors (Lipinski definition) is 0. The third kappa shape index (κ3) is 9.21. The summed E-state index contributed by atoms with van der Waals surface area (Å²) in [7, 11) is 0. The summed E-state index contributed by atoms with van der Waals surface area (Å²) < 4.78 is 93.2. The Morgan fingerprint density at radius 3 is 0.841 bits per heavy atom. The van der Waals surface area contributed by atoms with E-state index in [1.807, 2.05) is 24.3 Å². The summed E-state index contributed by atoms with van der Waals surface area (Å²) >= 11 is 0. The van der Waals surface area contributed by atoms with Gasteiger partial charge in [0.15, 0.2) is 0 Å². The van der Waals surface area contributed by atoms with Gasteiger partial charge in [-0.2, -0.15) is 73.7 Å². The van der Waals surface area contributed by atoms with Gasteiger partial charge in [0, 0.05) is 21.5 Å². The van der Waals surface area contributed by atoms with Crippen LogP contribution in [0.2, 0.25) is 0 Å². The van der Waals surface area contributed by atoms with Crippen LogP contribution in [0.5, 0.6) is 0 Å². The average Bonchev–Trinajstić information content (AvgIpc) is 1.73. The average molecular weight is 1150 g/mol. The lowest BCUT2D eigenvalue weighted by atomic mass is 9.94. The van der Waals surface area contributed by atoms with E-state index in [0.29, 0.717) is 94.2 Å². The number of aromatic nitrogens is 2. The molecule has 410 valence electrons. The molecule has 0 amide bonds. The number of hydrogen-bond acceptors (Lipinski definition) is 9. The Morgan fingerprint density at radius 2 is 0.580 bits per heavy atom. The van der Waals surface area contributed by atoms with Gasteiger partial charge in [-0.1, -0.05) is 54.6 Å². The fourth-order valence-corrected chi connectivity index (χ4v) is 11.5. The molecule has 10 aromatic carbocycles. The number of benzene rings is 10. The zero-order chi connectivity index (χ0) is 61.9. The molecule has 11 nitrogen and oxygen atoms in total. The Kier molecular flexibility index (Phi) is 13.3. The van der Waals surface area contributed by atoms with Crippen LogP contribution in [-0.2, 0) is 12.4 Å². The van der Waals surface area contributed by atoms with Crippen molar-refractivity contribution in [2.75, 3.05) is 0 Å². The zero-order valence-electron chi connectivity index (χ0n) is 44.9. The van der Waals surface area contributed by atoms with Crippen LogP contribution in [-0.4, -0.2) is 9.13 Å². The normalized spacial score (nSPS) is 11.2. The van der Waals surface area contributed by atoms with E-state index in [-0.39, 0.29) is 73.1 Å². The number of nitriles is 9. The van der Waals surface area contributed by atoms with Gasteiger partial charge in [0.25, 0.3) is 0 Å². The maximum atomic E-state index is 15.6. The fourth-order valence-electron chi connectivity index (χ4n) is 11.5. The lowest BCUT2D eigenvalue weighted by molar-refractivity contribution is -0.142. The van der Waals surface area contributed by atoms with Crippen LogP contribution in [0.15, 0.2) is 176 Å². The number of alkyl halides is 6. The van der Waals surface area contributed by atoms with E-state index < -0.39 is 29.0 Å². The lowest BCUT2D eigenvalue weighted by Gasteiger charge is -2.21. The van der Waals surface area contributed by atoms with Crippen molar-refractivity contribution >= 4 is 43.6 Å². The summed E-state index contributed by atoms with van der Waals surface area (Å²) in [6.45, 7) is 0. The number of rotatable bonds is 7. The lowest BCUT2D eigenvalue weighted by Crippen LogP contribution is -2.12. The standard InChI is InChI=1S/C71H29F6N11/c72-70(73,74)52-9-14-57(63(29-52)71(75,76)77)47-27-68(87-64-15-5-43(53-10-1-39(30-78)19-48(53)34-82)23-58(64)59-24-44(6-16-65(59)87)54-11-2-40(31-79)20-49(54)35-83)62(38-86)69(28-47)88-66-17-7-45(55-12-3-41(32-80)21-50(55)36-84)25-60(66)61-26-46(8-18-67(61)88)56-13-4-42(33-81)22-51(56)37-85/h1-29H. The first-order valence-corrected chi connectivity index (χ1v) is 26.3. The molecular formula is C71H29F6N11. The molecule has 0 N–H and O–H groups in total. The molecule has 0 spiro atoms. The Bertz CT molecular complexity index is 4940. The smallest absolute Gasteiger partial charge is 0.308 e. The van der Waals surface area contributed by atoms with Crippen molar-refractivity contribution in [1.82, 2.24) is 9.13 Å². The quantitative estimate of drug-likeness (QED) is 0.138. The van der Waals surface area contributed by atoms with Gasteiger partial charge in [0.1, 0.15) is 11.6 Å². The topological polar surface area (TPSA) is 224 Å². The minimum Gasteiger partial charge on any atom is -0.308 e. The molecule has 88 heavy (non-hydrogen) atoms. The van der Waals surface area contributed by atoms with Gasteiger partial charge in [0.2, 0.25) is 0 Å². The molecular weight excluding hydrogens is 1120 g/mol. The van der Waals surface area contributed by atoms with Crippen LogP contribution >= 0.6 is 0 Å². The summed E-state index contributed by atoms with van der Waals surface area (Å²) in [5.74, 6) is 0. The van der Waals surface area contributed by atoms with E-state index in [4.69, 9.17) is 0 Å². The monoisotopic (exact) mass is 1150 g/mol. The molecule has 0 saturated carbocycles. The van der Waals surface area contributed by atoms with E-state index in [0.717, 1.165) is 6.07 Å². The molecule has 2 heterocycles. The number of nitrogens with zero attached hydrogens (tertiary/aromatic N) is 11. The molecule has 0 aliphatic heterocycles. The van der Waals surface area contributed by atoms with Crippen LogP contribution in [0.1, 0.15) is 61.2 Å². The van der Waals surface area contributed by atoms with Gasteiger partial charge in [-0.15, -0.1) is 0 Å². The van der Waals surface area contributed by atoms with Crippen molar-refractivity contribution in [2.24, 2.45) is 0 Å². The predicted octanol–water partition coefficient (Wildman–Crippen LogP) is 17.1. The predicted molar refractivity (Wildman–Crippen MR) is 315 cm³/mol. The van der Waals surface area contributed by atoms with Crippen LogP contribution in [0.25, 0.3) is 111 Å². The second-order valence-corrected chi connectivity index (χ2v) is 20.3. The van der Waals surface area contributed by atoms with Gasteiger partial charge in [-0.05, 0) is 177 Å². The Balaban J connectivity index is 1.23. The van der Waals surface area contributed by atoms with Crippen LogP contribution in [0, 0.1) is 102 Å². The Labute approximate surface area is 495 Å². The van der Waals surface area contributed by atoms with Crippen molar-refractivity contribution in [3.05, 3.63) is 237 Å². The van der Waals surface area contributed by atoms with E-state index in [1.165, 1.54) is 36.4 Å². The molecule has 0 fully saturated rings. The molecule has 0 atom stereocenters. The molecule has 0 aliphatic rings. The van der Waals surface area contributed by atoms with Gasteiger partial charge >= 0.3 is 12.4 Å². The van der Waals surface area contributed by atoms with Crippen LogP contribution in [0.4, 0.5) is 26.3 Å². The van der Waals surface area contributed by atoms with E-state index in [9.17, 15) is 60.5 Å². The molecule has 17 heteroatoms. The van der Waals surface area contributed by atoms with Gasteiger partial charge < -0.3 is 9.13 Å². The fraction of sp³-hybridized carbons (Fsp3) is 0.0282. The third-order valence-electron chi connectivity index (χ3n) is 15.5. The third-order valence-corrected chi connectivity index (χ3v) is 15.5. The molecule has 2 aromatic heterocycles. The number of fused-ring (bicyclic) bond motifs is 6. The Hall–Kier alpha value is -13.2. The highest BCUT2D eigenvalue weighted by molar-refractivity contribution is 6.14. The van der Waals surface area contributed by atoms with Crippen molar-refractivity contribution in [2.45, 2.75) is 12.4 Å². The van der Waals surface area contributed by atoms with Crippen LogP contribution < -0.4 is 0 Å². The minimum atomic E-state index is -5.37.